The van der Waals surface area contributed by atoms with Crippen LogP contribution in [0.4, 0.5) is 9.52 Å². The lowest BCUT2D eigenvalue weighted by atomic mass is 9.96. The predicted molar refractivity (Wildman–Crippen MR) is 114 cm³/mol. The maximum absolute atomic E-state index is 13.4. The zero-order chi connectivity index (χ0) is 20.2. The van der Waals surface area contributed by atoms with E-state index in [1.807, 2.05) is 24.3 Å². The summed E-state index contributed by atoms with van der Waals surface area (Å²) in [4.78, 5) is 19.3. The van der Waals surface area contributed by atoms with Gasteiger partial charge in [0.2, 0.25) is 5.91 Å². The van der Waals surface area contributed by atoms with Gasteiger partial charge in [0.1, 0.15) is 11.6 Å². The van der Waals surface area contributed by atoms with Gasteiger partial charge in [0.25, 0.3) is 0 Å². The number of ether oxygens (including phenoxy) is 1. The summed E-state index contributed by atoms with van der Waals surface area (Å²) >= 11 is 1.51. The van der Waals surface area contributed by atoms with Gasteiger partial charge in [-0.05, 0) is 55.2 Å². The largest absolute Gasteiger partial charge is 0.497 e. The van der Waals surface area contributed by atoms with Crippen LogP contribution in [0.2, 0.25) is 0 Å². The highest BCUT2D eigenvalue weighted by Crippen LogP contribution is 2.31. The number of hydrogen-bond donors (Lipinski definition) is 1. The fourth-order valence-electron chi connectivity index (χ4n) is 3.62. The fraction of sp³-hybridized carbons (Fsp3) is 0.364. The van der Waals surface area contributed by atoms with Crippen molar-refractivity contribution in [3.05, 3.63) is 53.8 Å². The van der Waals surface area contributed by atoms with Gasteiger partial charge in [-0.2, -0.15) is 0 Å². The first-order valence-corrected chi connectivity index (χ1v) is 10.7. The van der Waals surface area contributed by atoms with Gasteiger partial charge in [0.05, 0.1) is 17.3 Å². The highest BCUT2D eigenvalue weighted by Gasteiger charge is 2.26. The molecule has 1 fully saturated rings. The third-order valence-corrected chi connectivity index (χ3v) is 6.43. The molecular weight excluding hydrogens is 389 g/mol. The van der Waals surface area contributed by atoms with Crippen LogP contribution in [0.5, 0.6) is 5.75 Å². The van der Waals surface area contributed by atoms with Gasteiger partial charge >= 0.3 is 0 Å². The number of benzene rings is 2. The second-order valence-corrected chi connectivity index (χ2v) is 8.27. The van der Waals surface area contributed by atoms with Crippen molar-refractivity contribution in [2.45, 2.75) is 19.3 Å². The molecule has 2 aromatic carbocycles. The lowest BCUT2D eigenvalue weighted by Crippen LogP contribution is -2.41. The number of anilines is 1. The monoisotopic (exact) mass is 413 g/mol. The molecule has 0 radical (unpaired) electrons. The number of hydrogen-bond acceptors (Lipinski definition) is 5. The van der Waals surface area contributed by atoms with Gasteiger partial charge in [-0.25, -0.2) is 9.37 Å². The number of methoxy groups -OCH3 is 1. The summed E-state index contributed by atoms with van der Waals surface area (Å²) in [6.07, 6.45) is 2.41. The van der Waals surface area contributed by atoms with Crippen molar-refractivity contribution in [1.82, 2.24) is 10.3 Å². The van der Waals surface area contributed by atoms with E-state index in [2.05, 4.69) is 15.2 Å². The van der Waals surface area contributed by atoms with Crippen molar-refractivity contribution in [1.29, 1.82) is 0 Å². The average Bonchev–Trinajstić information content (AvgIpc) is 3.17. The van der Waals surface area contributed by atoms with E-state index in [4.69, 9.17) is 4.74 Å². The summed E-state index contributed by atoms with van der Waals surface area (Å²) < 4.78 is 19.4. The summed E-state index contributed by atoms with van der Waals surface area (Å²) in [7, 11) is 1.65. The van der Waals surface area contributed by atoms with Crippen LogP contribution in [-0.4, -0.2) is 37.6 Å². The molecule has 3 aromatic rings. The molecule has 0 unspecified atom stereocenters. The van der Waals surface area contributed by atoms with Crippen molar-refractivity contribution in [2.75, 3.05) is 31.6 Å². The lowest BCUT2D eigenvalue weighted by Gasteiger charge is -2.31. The van der Waals surface area contributed by atoms with Crippen molar-refractivity contribution in [3.63, 3.8) is 0 Å². The van der Waals surface area contributed by atoms with Gasteiger partial charge in [-0.15, -0.1) is 0 Å². The molecular formula is C22H24FN3O2S. The Morgan fingerprint density at radius 2 is 2.00 bits per heavy atom. The second-order valence-electron chi connectivity index (χ2n) is 7.26. The van der Waals surface area contributed by atoms with Gasteiger partial charge in [0.15, 0.2) is 5.13 Å². The number of carbonyl (C=O) groups excluding carboxylic acids is 1. The van der Waals surface area contributed by atoms with Crippen molar-refractivity contribution in [2.24, 2.45) is 5.92 Å². The highest BCUT2D eigenvalue weighted by molar-refractivity contribution is 7.22. The van der Waals surface area contributed by atoms with E-state index >= 15 is 0 Å². The Morgan fingerprint density at radius 1 is 1.24 bits per heavy atom. The first-order chi connectivity index (χ1) is 14.1. The number of rotatable bonds is 6. The first-order valence-electron chi connectivity index (χ1n) is 9.84. The van der Waals surface area contributed by atoms with Gasteiger partial charge < -0.3 is 15.0 Å². The van der Waals surface area contributed by atoms with E-state index in [0.717, 1.165) is 53.4 Å². The van der Waals surface area contributed by atoms with Gasteiger partial charge in [0, 0.05) is 25.6 Å². The standard InChI is InChI=1S/C22H24FN3O2S/c1-28-18-5-2-15(3-6-18)8-11-24-21(27)16-9-12-26(13-10-16)22-25-19-7-4-17(23)14-20(19)29-22/h2-7,14,16H,8-13H2,1H3,(H,24,27). The summed E-state index contributed by atoms with van der Waals surface area (Å²) in [6, 6.07) is 12.6. The van der Waals surface area contributed by atoms with Crippen LogP contribution in [0.1, 0.15) is 18.4 Å². The normalized spacial score (nSPS) is 14.9. The minimum absolute atomic E-state index is 0.0361. The number of aromatic nitrogens is 1. The Hall–Kier alpha value is -2.67. The molecule has 1 N–H and O–H groups in total. The van der Waals surface area contributed by atoms with Crippen molar-refractivity contribution in [3.8, 4) is 5.75 Å². The summed E-state index contributed by atoms with van der Waals surface area (Å²) in [5, 5.41) is 3.97. The maximum Gasteiger partial charge on any atom is 0.223 e. The van der Waals surface area contributed by atoms with E-state index < -0.39 is 0 Å². The number of thiazole rings is 1. The summed E-state index contributed by atoms with van der Waals surface area (Å²) in [5.41, 5.74) is 2.00. The molecule has 0 bridgehead atoms. The Morgan fingerprint density at radius 3 is 2.72 bits per heavy atom. The van der Waals surface area contributed by atoms with Crippen LogP contribution in [0.3, 0.4) is 0 Å². The van der Waals surface area contributed by atoms with Crippen molar-refractivity contribution < 1.29 is 13.9 Å². The summed E-state index contributed by atoms with van der Waals surface area (Å²) in [6.45, 7) is 2.21. The topological polar surface area (TPSA) is 54.5 Å². The molecule has 1 saturated heterocycles. The maximum atomic E-state index is 13.4. The van der Waals surface area contributed by atoms with Crippen LogP contribution in [0.25, 0.3) is 10.2 Å². The van der Waals surface area contributed by atoms with E-state index in [-0.39, 0.29) is 17.6 Å². The third-order valence-electron chi connectivity index (χ3n) is 5.35. The molecule has 1 aliphatic heterocycles. The number of carbonyl (C=O) groups is 1. The molecule has 1 aromatic heterocycles. The van der Waals surface area contributed by atoms with Crippen LogP contribution < -0.4 is 15.0 Å². The smallest absolute Gasteiger partial charge is 0.223 e. The molecule has 7 heteroatoms. The molecule has 29 heavy (non-hydrogen) atoms. The minimum atomic E-state index is -0.238. The molecule has 5 nitrogen and oxygen atoms in total. The Balaban J connectivity index is 1.25. The van der Waals surface area contributed by atoms with Gasteiger partial charge in [-0.3, -0.25) is 4.79 Å². The van der Waals surface area contributed by atoms with E-state index in [0.29, 0.717) is 6.54 Å². The fourth-order valence-corrected chi connectivity index (χ4v) is 4.66. The molecule has 0 atom stereocenters. The number of piperidine rings is 1. The van der Waals surface area contributed by atoms with E-state index in [1.54, 1.807) is 13.2 Å². The van der Waals surface area contributed by atoms with E-state index in [9.17, 15) is 9.18 Å². The zero-order valence-corrected chi connectivity index (χ0v) is 17.2. The molecule has 0 aliphatic carbocycles. The van der Waals surface area contributed by atoms with Crippen LogP contribution in [0.15, 0.2) is 42.5 Å². The van der Waals surface area contributed by atoms with Gasteiger partial charge in [-0.1, -0.05) is 23.5 Å². The zero-order valence-electron chi connectivity index (χ0n) is 16.4. The number of nitrogens with zero attached hydrogens (tertiary/aromatic N) is 2. The quantitative estimate of drug-likeness (QED) is 0.663. The highest BCUT2D eigenvalue weighted by atomic mass is 32.1. The van der Waals surface area contributed by atoms with E-state index in [1.165, 1.54) is 29.0 Å². The first kappa shape index (κ1) is 19.6. The molecule has 152 valence electrons. The molecule has 1 amide bonds. The molecule has 4 rings (SSSR count). The minimum Gasteiger partial charge on any atom is -0.497 e. The number of amides is 1. The Labute approximate surface area is 173 Å². The lowest BCUT2D eigenvalue weighted by molar-refractivity contribution is -0.125. The Bertz CT molecular complexity index is 981. The van der Waals surface area contributed by atoms with Crippen molar-refractivity contribution >= 4 is 32.6 Å². The SMILES string of the molecule is COc1ccc(CCNC(=O)C2CCN(c3nc4ccc(F)cc4s3)CC2)cc1. The molecule has 0 spiro atoms. The van der Waals surface area contributed by atoms with Crippen LogP contribution >= 0.6 is 11.3 Å². The number of halogens is 1. The average molecular weight is 414 g/mol. The number of nitrogens with one attached hydrogen (secondary N) is 1. The van der Waals surface area contributed by atoms with Crippen LogP contribution in [-0.2, 0) is 11.2 Å². The molecule has 1 aliphatic rings. The molecule has 2 heterocycles. The molecule has 0 saturated carbocycles. The summed E-state index contributed by atoms with van der Waals surface area (Å²) in [5.74, 6) is 0.763. The predicted octanol–water partition coefficient (Wildman–Crippen LogP) is 4.02. The Kier molecular flexibility index (Phi) is 5.94. The third kappa shape index (κ3) is 4.67. The second kappa shape index (κ2) is 8.78. The number of fused-ring (bicyclic) bond motifs is 1. The van der Waals surface area contributed by atoms with Crippen LogP contribution in [0, 0.1) is 11.7 Å².